The molecule has 92 valence electrons. The van der Waals surface area contributed by atoms with Gasteiger partial charge in [0.15, 0.2) is 0 Å². The van der Waals surface area contributed by atoms with E-state index in [1.165, 1.54) is 22.7 Å². The minimum atomic E-state index is -3.42. The summed E-state index contributed by atoms with van der Waals surface area (Å²) in [6.45, 7) is 2.17. The lowest BCUT2D eigenvalue weighted by Gasteiger charge is -2.01. The maximum atomic E-state index is 11.9. The standard InChI is InChI=1S/C9H9BrN2O2S3/c1-6-4-11-8(15-6)5-12-17(13,14)9-3-2-7(10)16-9/h2-4,12H,5H2,1H3. The summed E-state index contributed by atoms with van der Waals surface area (Å²) in [6, 6.07) is 3.29. The summed E-state index contributed by atoms with van der Waals surface area (Å²) in [6.07, 6.45) is 1.73. The predicted octanol–water partition coefficient (Wildman–Crippen LogP) is 2.75. The van der Waals surface area contributed by atoms with Crippen LogP contribution < -0.4 is 4.72 Å². The Labute approximate surface area is 116 Å². The first-order valence-electron chi connectivity index (χ1n) is 4.64. The van der Waals surface area contributed by atoms with Gasteiger partial charge in [-0.3, -0.25) is 0 Å². The van der Waals surface area contributed by atoms with E-state index in [1.54, 1.807) is 18.3 Å². The second-order valence-electron chi connectivity index (χ2n) is 3.25. The van der Waals surface area contributed by atoms with Gasteiger partial charge in [0.2, 0.25) is 10.0 Å². The van der Waals surface area contributed by atoms with E-state index >= 15 is 0 Å². The molecule has 0 saturated carbocycles. The van der Waals surface area contributed by atoms with E-state index in [4.69, 9.17) is 0 Å². The van der Waals surface area contributed by atoms with Gasteiger partial charge in [-0.1, -0.05) is 0 Å². The van der Waals surface area contributed by atoms with E-state index < -0.39 is 10.0 Å². The molecule has 2 aromatic rings. The maximum absolute atomic E-state index is 11.9. The summed E-state index contributed by atoms with van der Waals surface area (Å²) >= 11 is 5.91. The van der Waals surface area contributed by atoms with E-state index in [9.17, 15) is 8.42 Å². The van der Waals surface area contributed by atoms with Crippen LogP contribution in [0.4, 0.5) is 0 Å². The molecule has 8 heteroatoms. The predicted molar refractivity (Wildman–Crippen MR) is 72.9 cm³/mol. The highest BCUT2D eigenvalue weighted by Crippen LogP contribution is 2.26. The molecule has 0 unspecified atom stereocenters. The summed E-state index contributed by atoms with van der Waals surface area (Å²) in [7, 11) is -3.42. The first kappa shape index (κ1) is 13.2. The van der Waals surface area contributed by atoms with Crippen molar-refractivity contribution in [1.82, 2.24) is 9.71 Å². The van der Waals surface area contributed by atoms with Gasteiger partial charge < -0.3 is 0 Å². The fourth-order valence-corrected chi connectivity index (χ4v) is 5.01. The normalized spacial score (nSPS) is 11.9. The number of nitrogens with zero attached hydrogens (tertiary/aromatic N) is 1. The van der Waals surface area contributed by atoms with Gasteiger partial charge in [0.1, 0.15) is 9.22 Å². The van der Waals surface area contributed by atoms with Crippen molar-refractivity contribution in [2.24, 2.45) is 0 Å². The van der Waals surface area contributed by atoms with E-state index in [-0.39, 0.29) is 6.54 Å². The summed E-state index contributed by atoms with van der Waals surface area (Å²) in [4.78, 5) is 5.17. The van der Waals surface area contributed by atoms with Crippen LogP contribution >= 0.6 is 38.6 Å². The second-order valence-corrected chi connectivity index (χ2v) is 9.02. The fourth-order valence-electron chi connectivity index (χ4n) is 1.15. The van der Waals surface area contributed by atoms with Crippen molar-refractivity contribution < 1.29 is 8.42 Å². The molecular weight excluding hydrogens is 344 g/mol. The maximum Gasteiger partial charge on any atom is 0.250 e. The molecule has 2 heterocycles. The van der Waals surface area contributed by atoms with Crippen LogP contribution in [-0.4, -0.2) is 13.4 Å². The third-order valence-corrected chi connectivity index (χ3v) is 6.33. The van der Waals surface area contributed by atoms with E-state index in [2.05, 4.69) is 25.6 Å². The second kappa shape index (κ2) is 5.15. The van der Waals surface area contributed by atoms with Gasteiger partial charge in [-0.25, -0.2) is 18.1 Å². The Morgan fingerprint density at radius 2 is 2.18 bits per heavy atom. The Bertz CT molecular complexity index is 618. The number of halogens is 1. The van der Waals surface area contributed by atoms with Gasteiger partial charge in [0.05, 0.1) is 10.3 Å². The number of aromatic nitrogens is 1. The van der Waals surface area contributed by atoms with Crippen LogP contribution in [0, 0.1) is 6.92 Å². The Kier molecular flexibility index (Phi) is 3.99. The molecule has 1 N–H and O–H groups in total. The number of hydrogen-bond donors (Lipinski definition) is 1. The summed E-state index contributed by atoms with van der Waals surface area (Å²) in [5, 5.41) is 0.765. The van der Waals surface area contributed by atoms with Gasteiger partial charge in [-0.2, -0.15) is 0 Å². The van der Waals surface area contributed by atoms with Crippen LogP contribution in [0.5, 0.6) is 0 Å². The quantitative estimate of drug-likeness (QED) is 0.920. The molecule has 0 bridgehead atoms. The zero-order chi connectivity index (χ0) is 12.5. The van der Waals surface area contributed by atoms with Crippen molar-refractivity contribution in [2.75, 3.05) is 0 Å². The minimum Gasteiger partial charge on any atom is -0.248 e. The molecule has 0 radical (unpaired) electrons. The summed E-state index contributed by atoms with van der Waals surface area (Å²) < 4.78 is 27.4. The van der Waals surface area contributed by atoms with Crippen molar-refractivity contribution in [3.05, 3.63) is 32.0 Å². The monoisotopic (exact) mass is 352 g/mol. The number of nitrogens with one attached hydrogen (secondary N) is 1. The zero-order valence-electron chi connectivity index (χ0n) is 8.81. The molecule has 2 rings (SSSR count). The Balaban J connectivity index is 2.08. The van der Waals surface area contributed by atoms with Crippen molar-refractivity contribution in [2.45, 2.75) is 17.7 Å². The van der Waals surface area contributed by atoms with Crippen molar-refractivity contribution in [3.8, 4) is 0 Å². The highest BCUT2D eigenvalue weighted by molar-refractivity contribution is 9.11. The molecule has 0 aliphatic rings. The largest absolute Gasteiger partial charge is 0.250 e. The van der Waals surface area contributed by atoms with Crippen LogP contribution in [0.2, 0.25) is 0 Å². The number of hydrogen-bond acceptors (Lipinski definition) is 5. The van der Waals surface area contributed by atoms with E-state index in [0.29, 0.717) is 4.21 Å². The molecule has 0 amide bonds. The fraction of sp³-hybridized carbons (Fsp3) is 0.222. The Morgan fingerprint density at radius 1 is 1.41 bits per heavy atom. The topological polar surface area (TPSA) is 59.1 Å². The minimum absolute atomic E-state index is 0.232. The third-order valence-electron chi connectivity index (χ3n) is 1.90. The number of thiazole rings is 1. The highest BCUT2D eigenvalue weighted by Gasteiger charge is 2.16. The van der Waals surface area contributed by atoms with Crippen LogP contribution in [0.15, 0.2) is 26.3 Å². The first-order chi connectivity index (χ1) is 7.97. The third kappa shape index (κ3) is 3.35. The van der Waals surface area contributed by atoms with Gasteiger partial charge in [0.25, 0.3) is 0 Å². The van der Waals surface area contributed by atoms with Gasteiger partial charge >= 0.3 is 0 Å². The van der Waals surface area contributed by atoms with Crippen molar-refractivity contribution in [3.63, 3.8) is 0 Å². The van der Waals surface area contributed by atoms with Gasteiger partial charge in [0, 0.05) is 11.1 Å². The van der Waals surface area contributed by atoms with Gasteiger partial charge in [-0.15, -0.1) is 22.7 Å². The number of rotatable bonds is 4. The lowest BCUT2D eigenvalue weighted by molar-refractivity contribution is 0.583. The molecule has 0 atom stereocenters. The van der Waals surface area contributed by atoms with Crippen molar-refractivity contribution in [1.29, 1.82) is 0 Å². The first-order valence-corrected chi connectivity index (χ1v) is 8.54. The van der Waals surface area contributed by atoms with Crippen LogP contribution in [0.3, 0.4) is 0 Å². The van der Waals surface area contributed by atoms with Crippen molar-refractivity contribution >= 4 is 48.6 Å². The Hall–Kier alpha value is -0.280. The number of aryl methyl sites for hydroxylation is 1. The Morgan fingerprint density at radius 3 is 2.71 bits per heavy atom. The van der Waals surface area contributed by atoms with Crippen LogP contribution in [0.25, 0.3) is 0 Å². The highest BCUT2D eigenvalue weighted by atomic mass is 79.9. The lowest BCUT2D eigenvalue weighted by Crippen LogP contribution is -2.22. The van der Waals surface area contributed by atoms with E-state index in [0.717, 1.165) is 13.7 Å². The molecule has 0 aliphatic carbocycles. The van der Waals surface area contributed by atoms with Gasteiger partial charge in [-0.05, 0) is 35.0 Å². The van der Waals surface area contributed by atoms with E-state index in [1.807, 2.05) is 6.92 Å². The zero-order valence-corrected chi connectivity index (χ0v) is 12.8. The lowest BCUT2D eigenvalue weighted by atomic mass is 10.6. The molecule has 0 saturated heterocycles. The number of thiophene rings is 1. The van der Waals surface area contributed by atoms with Crippen LogP contribution in [-0.2, 0) is 16.6 Å². The molecule has 0 aromatic carbocycles. The SMILES string of the molecule is Cc1cnc(CNS(=O)(=O)c2ccc(Br)s2)s1. The molecule has 0 aliphatic heterocycles. The van der Waals surface area contributed by atoms with Crippen LogP contribution in [0.1, 0.15) is 9.88 Å². The summed E-state index contributed by atoms with van der Waals surface area (Å²) in [5.41, 5.74) is 0. The summed E-state index contributed by atoms with van der Waals surface area (Å²) in [5.74, 6) is 0. The number of sulfonamides is 1. The molecule has 17 heavy (non-hydrogen) atoms. The smallest absolute Gasteiger partial charge is 0.248 e. The average molecular weight is 353 g/mol. The average Bonchev–Trinajstić information content (AvgIpc) is 2.85. The molecule has 0 spiro atoms. The molecule has 0 fully saturated rings. The molecular formula is C9H9BrN2O2S3. The molecule has 4 nitrogen and oxygen atoms in total. The molecule has 2 aromatic heterocycles.